The first kappa shape index (κ1) is 14.6. The average molecular weight is 316 g/mol. The highest BCUT2D eigenvalue weighted by molar-refractivity contribution is 8.18. The van der Waals surface area contributed by atoms with Crippen molar-refractivity contribution in [2.75, 3.05) is 0 Å². The zero-order valence-electron chi connectivity index (χ0n) is 12.0. The van der Waals surface area contributed by atoms with Crippen LogP contribution in [-0.4, -0.2) is 15.7 Å². The first-order valence-corrected chi connectivity index (χ1v) is 7.47. The van der Waals surface area contributed by atoms with E-state index in [9.17, 15) is 14.0 Å². The molecule has 4 nitrogen and oxygen atoms in total. The van der Waals surface area contributed by atoms with Gasteiger partial charge in [-0.2, -0.15) is 0 Å². The highest BCUT2D eigenvalue weighted by atomic mass is 32.2. The van der Waals surface area contributed by atoms with E-state index in [0.29, 0.717) is 4.91 Å². The number of hydrogen-bond donors (Lipinski definition) is 1. The molecule has 1 N–H and O–H groups in total. The predicted molar refractivity (Wildman–Crippen MR) is 84.3 cm³/mol. The number of imide groups is 1. The number of aromatic nitrogens is 1. The minimum absolute atomic E-state index is 0.304. The number of hydrogen-bond acceptors (Lipinski definition) is 3. The number of thioether (sulfide) groups is 1. The smallest absolute Gasteiger partial charge is 0.290 e. The molecule has 1 aliphatic rings. The molecule has 1 aliphatic heterocycles. The quantitative estimate of drug-likeness (QED) is 0.862. The minimum atomic E-state index is -0.384. The molecular weight excluding hydrogens is 303 g/mol. The summed E-state index contributed by atoms with van der Waals surface area (Å²) in [7, 11) is 0. The molecule has 1 saturated heterocycles. The fraction of sp³-hybridized carbons (Fsp3) is 0.125. The predicted octanol–water partition coefficient (Wildman–Crippen LogP) is 3.56. The van der Waals surface area contributed by atoms with Crippen molar-refractivity contribution in [3.8, 4) is 5.69 Å². The summed E-state index contributed by atoms with van der Waals surface area (Å²) >= 11 is 0.883. The normalized spacial score (nSPS) is 16.4. The van der Waals surface area contributed by atoms with Crippen molar-refractivity contribution in [2.24, 2.45) is 0 Å². The molecule has 1 fully saturated rings. The van der Waals surface area contributed by atoms with Crippen LogP contribution >= 0.6 is 11.8 Å². The molecular formula is C16H13FN2O2S. The number of nitrogens with one attached hydrogen (secondary N) is 1. The van der Waals surface area contributed by atoms with Gasteiger partial charge in [-0.05, 0) is 61.5 Å². The van der Waals surface area contributed by atoms with E-state index in [-0.39, 0.29) is 17.0 Å². The van der Waals surface area contributed by atoms with Gasteiger partial charge in [-0.15, -0.1) is 0 Å². The van der Waals surface area contributed by atoms with Gasteiger partial charge >= 0.3 is 0 Å². The molecule has 2 aromatic rings. The Morgan fingerprint density at radius 1 is 1.23 bits per heavy atom. The largest absolute Gasteiger partial charge is 0.318 e. The van der Waals surface area contributed by atoms with Gasteiger partial charge in [-0.25, -0.2) is 4.39 Å². The third-order valence-electron chi connectivity index (χ3n) is 3.47. The molecule has 1 aromatic heterocycles. The van der Waals surface area contributed by atoms with Crippen molar-refractivity contribution < 1.29 is 14.0 Å². The van der Waals surface area contributed by atoms with Crippen molar-refractivity contribution in [2.45, 2.75) is 13.8 Å². The van der Waals surface area contributed by atoms with Gasteiger partial charge in [0, 0.05) is 17.1 Å². The van der Waals surface area contributed by atoms with Gasteiger partial charge in [0.05, 0.1) is 4.91 Å². The van der Waals surface area contributed by atoms with Gasteiger partial charge in [0.2, 0.25) is 0 Å². The molecule has 0 radical (unpaired) electrons. The Morgan fingerprint density at radius 2 is 2.00 bits per heavy atom. The molecule has 0 aliphatic carbocycles. The molecule has 22 heavy (non-hydrogen) atoms. The van der Waals surface area contributed by atoms with Crippen molar-refractivity contribution in [1.82, 2.24) is 9.88 Å². The third kappa shape index (κ3) is 2.57. The average Bonchev–Trinajstić information content (AvgIpc) is 2.90. The Hall–Kier alpha value is -2.34. The molecule has 112 valence electrons. The van der Waals surface area contributed by atoms with E-state index >= 15 is 0 Å². The first-order chi connectivity index (χ1) is 10.5. The molecule has 1 aromatic carbocycles. The lowest BCUT2D eigenvalue weighted by atomic mass is 10.2. The van der Waals surface area contributed by atoms with Crippen LogP contribution in [0.2, 0.25) is 0 Å². The molecule has 0 spiro atoms. The van der Waals surface area contributed by atoms with Crippen LogP contribution in [0.4, 0.5) is 9.18 Å². The Kier molecular flexibility index (Phi) is 3.62. The lowest BCUT2D eigenvalue weighted by Gasteiger charge is -2.09. The molecule has 6 heteroatoms. The van der Waals surface area contributed by atoms with Crippen LogP contribution in [0.15, 0.2) is 35.2 Å². The standard InChI is InChI=1S/C16H13FN2O2S/c1-9-6-11(7-14-15(20)18-16(21)22-14)10(2)19(9)13-5-3-4-12(17)8-13/h3-8H,1-2H3,(H,18,20,21)/b14-7+. The SMILES string of the molecule is Cc1cc(/C=C2/SC(=O)NC2=O)c(C)n1-c1cccc(F)c1. The summed E-state index contributed by atoms with van der Waals surface area (Å²) in [6.45, 7) is 3.80. The van der Waals surface area contributed by atoms with E-state index in [1.54, 1.807) is 12.1 Å². The number of carbonyl (C=O) groups excluding carboxylic acids is 2. The van der Waals surface area contributed by atoms with Gasteiger partial charge in [-0.1, -0.05) is 6.07 Å². The van der Waals surface area contributed by atoms with E-state index in [4.69, 9.17) is 0 Å². The van der Waals surface area contributed by atoms with Gasteiger partial charge in [0.15, 0.2) is 0 Å². The Bertz CT molecular complexity index is 824. The number of benzene rings is 1. The Labute approximate surface area is 131 Å². The van der Waals surface area contributed by atoms with Crippen LogP contribution < -0.4 is 5.32 Å². The van der Waals surface area contributed by atoms with E-state index in [2.05, 4.69) is 5.32 Å². The lowest BCUT2D eigenvalue weighted by Crippen LogP contribution is -2.17. The highest BCUT2D eigenvalue weighted by Gasteiger charge is 2.25. The Morgan fingerprint density at radius 3 is 2.64 bits per heavy atom. The van der Waals surface area contributed by atoms with Crippen LogP contribution in [0.1, 0.15) is 17.0 Å². The zero-order chi connectivity index (χ0) is 15.9. The van der Waals surface area contributed by atoms with Gasteiger partial charge in [0.25, 0.3) is 11.1 Å². The number of nitrogens with zero attached hydrogens (tertiary/aromatic N) is 1. The summed E-state index contributed by atoms with van der Waals surface area (Å²) in [5, 5.41) is 1.86. The van der Waals surface area contributed by atoms with Gasteiger partial charge in [-0.3, -0.25) is 14.9 Å². The van der Waals surface area contributed by atoms with Gasteiger partial charge < -0.3 is 4.57 Å². The van der Waals surface area contributed by atoms with Crippen LogP contribution in [0.5, 0.6) is 0 Å². The summed E-state index contributed by atoms with van der Waals surface area (Å²) in [5.41, 5.74) is 3.35. The fourth-order valence-corrected chi connectivity index (χ4v) is 3.18. The van der Waals surface area contributed by atoms with E-state index in [1.165, 1.54) is 12.1 Å². The fourth-order valence-electron chi connectivity index (χ4n) is 2.51. The van der Waals surface area contributed by atoms with Crippen LogP contribution in [0, 0.1) is 19.7 Å². The van der Waals surface area contributed by atoms with Crippen molar-refractivity contribution in [3.63, 3.8) is 0 Å². The number of carbonyl (C=O) groups is 2. The van der Waals surface area contributed by atoms with Crippen molar-refractivity contribution in [3.05, 3.63) is 58.0 Å². The van der Waals surface area contributed by atoms with Crippen LogP contribution in [0.3, 0.4) is 0 Å². The second kappa shape index (κ2) is 5.46. The minimum Gasteiger partial charge on any atom is -0.318 e. The maximum absolute atomic E-state index is 13.4. The summed E-state index contributed by atoms with van der Waals surface area (Å²) in [5.74, 6) is -0.688. The molecule has 2 heterocycles. The molecule has 0 bridgehead atoms. The molecule has 2 amide bonds. The molecule has 3 rings (SSSR count). The molecule has 0 atom stereocenters. The van der Waals surface area contributed by atoms with Crippen molar-refractivity contribution >= 4 is 29.0 Å². The Balaban J connectivity index is 2.06. The zero-order valence-corrected chi connectivity index (χ0v) is 12.8. The number of halogens is 1. The second-order valence-corrected chi connectivity index (χ2v) is 6.01. The van der Waals surface area contributed by atoms with E-state index in [1.807, 2.05) is 30.5 Å². The van der Waals surface area contributed by atoms with Crippen LogP contribution in [-0.2, 0) is 4.79 Å². The second-order valence-electron chi connectivity index (χ2n) is 4.99. The topological polar surface area (TPSA) is 51.1 Å². The monoisotopic (exact) mass is 316 g/mol. The number of aryl methyl sites for hydroxylation is 1. The van der Waals surface area contributed by atoms with Crippen LogP contribution in [0.25, 0.3) is 11.8 Å². The van der Waals surface area contributed by atoms with Gasteiger partial charge in [0.1, 0.15) is 5.82 Å². The third-order valence-corrected chi connectivity index (χ3v) is 4.28. The maximum atomic E-state index is 13.4. The maximum Gasteiger partial charge on any atom is 0.290 e. The summed E-state index contributed by atoms with van der Waals surface area (Å²) in [6.07, 6.45) is 1.68. The summed E-state index contributed by atoms with van der Waals surface area (Å²) < 4.78 is 15.3. The summed E-state index contributed by atoms with van der Waals surface area (Å²) in [4.78, 5) is 23.2. The molecule has 0 unspecified atom stereocenters. The van der Waals surface area contributed by atoms with Crippen molar-refractivity contribution in [1.29, 1.82) is 0 Å². The number of amides is 2. The van der Waals surface area contributed by atoms with E-state index in [0.717, 1.165) is 34.4 Å². The molecule has 0 saturated carbocycles. The number of rotatable bonds is 2. The summed E-state index contributed by atoms with van der Waals surface area (Å²) in [6, 6.07) is 8.23. The van der Waals surface area contributed by atoms with E-state index < -0.39 is 0 Å². The lowest BCUT2D eigenvalue weighted by molar-refractivity contribution is -0.115. The first-order valence-electron chi connectivity index (χ1n) is 6.65. The highest BCUT2D eigenvalue weighted by Crippen LogP contribution is 2.29.